The average molecular weight is 195 g/mol. The summed E-state index contributed by atoms with van der Waals surface area (Å²) in [6.45, 7) is 4.09. The number of nitrogens with zero attached hydrogens (tertiary/aromatic N) is 1. The molecule has 1 rings (SSSR count). The Morgan fingerprint density at radius 2 is 2.29 bits per heavy atom. The van der Waals surface area contributed by atoms with Gasteiger partial charge in [-0.15, -0.1) is 0 Å². The van der Waals surface area contributed by atoms with E-state index in [1.165, 1.54) is 18.6 Å². The fraction of sp³-hybridized carbons (Fsp3) is 0.750. The Hall–Kier alpha value is -0.630. The van der Waals surface area contributed by atoms with Gasteiger partial charge in [0, 0.05) is 26.0 Å². The van der Waals surface area contributed by atoms with Gasteiger partial charge in [-0.2, -0.15) is 0 Å². The van der Waals surface area contributed by atoms with Crippen LogP contribution in [0.5, 0.6) is 0 Å². The summed E-state index contributed by atoms with van der Waals surface area (Å²) in [7, 11) is 1.76. The summed E-state index contributed by atoms with van der Waals surface area (Å²) in [6, 6.07) is 0. The quantitative estimate of drug-likeness (QED) is 0.597. The fourth-order valence-corrected chi connectivity index (χ4v) is 1.68. The number of allylic oxidation sites excluding steroid dienone is 1. The highest BCUT2D eigenvalue weighted by molar-refractivity contribution is 5.96. The largest absolute Gasteiger partial charge is 0.385 e. The third-order valence-electron chi connectivity index (χ3n) is 2.60. The number of rotatable bonds is 6. The van der Waals surface area contributed by atoms with E-state index in [2.05, 4.69) is 18.0 Å². The standard InChI is InChI=1S/C12H21NO/c1-3-11-7-8-13-12(10-11)6-4-5-9-14-2/h10H,3-9H2,1-2H3. The van der Waals surface area contributed by atoms with Crippen molar-refractivity contribution >= 4 is 5.71 Å². The Morgan fingerprint density at radius 3 is 3.00 bits per heavy atom. The van der Waals surface area contributed by atoms with Gasteiger partial charge in [-0.05, 0) is 38.2 Å². The summed E-state index contributed by atoms with van der Waals surface area (Å²) in [5.74, 6) is 0. The van der Waals surface area contributed by atoms with Gasteiger partial charge in [0.05, 0.1) is 0 Å². The summed E-state index contributed by atoms with van der Waals surface area (Å²) in [5, 5.41) is 0. The van der Waals surface area contributed by atoms with Gasteiger partial charge in [-0.3, -0.25) is 4.99 Å². The van der Waals surface area contributed by atoms with Crippen LogP contribution in [0, 0.1) is 0 Å². The van der Waals surface area contributed by atoms with Gasteiger partial charge in [0.1, 0.15) is 0 Å². The molecule has 0 atom stereocenters. The maximum absolute atomic E-state index is 5.02. The molecule has 2 nitrogen and oxygen atoms in total. The van der Waals surface area contributed by atoms with Gasteiger partial charge in [-0.25, -0.2) is 0 Å². The average Bonchev–Trinajstić information content (AvgIpc) is 2.25. The minimum Gasteiger partial charge on any atom is -0.385 e. The maximum Gasteiger partial charge on any atom is 0.0462 e. The van der Waals surface area contributed by atoms with Crippen LogP contribution < -0.4 is 0 Å². The van der Waals surface area contributed by atoms with Crippen LogP contribution in [0.2, 0.25) is 0 Å². The van der Waals surface area contributed by atoms with Gasteiger partial charge >= 0.3 is 0 Å². The van der Waals surface area contributed by atoms with Crippen molar-refractivity contribution in [1.29, 1.82) is 0 Å². The van der Waals surface area contributed by atoms with Crippen molar-refractivity contribution in [3.05, 3.63) is 11.6 Å². The lowest BCUT2D eigenvalue weighted by Crippen LogP contribution is -2.05. The molecular formula is C12H21NO. The van der Waals surface area contributed by atoms with Crippen molar-refractivity contribution in [3.8, 4) is 0 Å². The van der Waals surface area contributed by atoms with Gasteiger partial charge in [0.2, 0.25) is 0 Å². The van der Waals surface area contributed by atoms with Crippen LogP contribution in [0.4, 0.5) is 0 Å². The molecular weight excluding hydrogens is 174 g/mol. The molecule has 0 aromatic carbocycles. The van der Waals surface area contributed by atoms with Gasteiger partial charge < -0.3 is 4.74 Å². The van der Waals surface area contributed by atoms with Crippen molar-refractivity contribution in [1.82, 2.24) is 0 Å². The highest BCUT2D eigenvalue weighted by Crippen LogP contribution is 2.14. The zero-order chi connectivity index (χ0) is 10.2. The predicted molar refractivity (Wildman–Crippen MR) is 61.0 cm³/mol. The smallest absolute Gasteiger partial charge is 0.0462 e. The summed E-state index contributed by atoms with van der Waals surface area (Å²) in [6.07, 6.45) is 8.09. The lowest BCUT2D eigenvalue weighted by molar-refractivity contribution is 0.193. The lowest BCUT2D eigenvalue weighted by atomic mass is 10.0. The molecule has 0 saturated heterocycles. The first kappa shape index (κ1) is 11.4. The van der Waals surface area contributed by atoms with Crippen molar-refractivity contribution < 1.29 is 4.74 Å². The third kappa shape index (κ3) is 4.05. The Kier molecular flexibility index (Phi) is 5.53. The van der Waals surface area contributed by atoms with E-state index in [9.17, 15) is 0 Å². The first-order valence-corrected chi connectivity index (χ1v) is 5.58. The molecule has 0 radical (unpaired) electrons. The molecule has 0 N–H and O–H groups in total. The molecule has 0 unspecified atom stereocenters. The van der Waals surface area contributed by atoms with E-state index < -0.39 is 0 Å². The van der Waals surface area contributed by atoms with Gasteiger partial charge in [0.15, 0.2) is 0 Å². The van der Waals surface area contributed by atoms with Crippen molar-refractivity contribution in [2.75, 3.05) is 20.3 Å². The van der Waals surface area contributed by atoms with Crippen LogP contribution in [0.15, 0.2) is 16.6 Å². The number of aliphatic imine (C=N–C) groups is 1. The van der Waals surface area contributed by atoms with E-state index in [0.29, 0.717) is 0 Å². The number of hydrogen-bond acceptors (Lipinski definition) is 2. The number of methoxy groups -OCH3 is 1. The number of dihydropyridines is 1. The minimum absolute atomic E-state index is 0.873. The molecule has 1 heterocycles. The van der Waals surface area contributed by atoms with Crippen LogP contribution in [0.25, 0.3) is 0 Å². The van der Waals surface area contributed by atoms with Crippen molar-refractivity contribution in [2.45, 2.75) is 39.0 Å². The molecule has 2 heteroatoms. The van der Waals surface area contributed by atoms with E-state index >= 15 is 0 Å². The normalized spacial score (nSPS) is 16.4. The molecule has 1 aliphatic rings. The van der Waals surface area contributed by atoms with E-state index in [4.69, 9.17) is 4.74 Å². The summed E-state index contributed by atoms with van der Waals surface area (Å²) < 4.78 is 5.02. The van der Waals surface area contributed by atoms with Gasteiger partial charge in [0.25, 0.3) is 0 Å². The van der Waals surface area contributed by atoms with Crippen molar-refractivity contribution in [3.63, 3.8) is 0 Å². The second kappa shape index (κ2) is 6.77. The zero-order valence-electron chi connectivity index (χ0n) is 9.38. The van der Waals surface area contributed by atoms with Gasteiger partial charge in [-0.1, -0.05) is 12.5 Å². The molecule has 0 fully saturated rings. The van der Waals surface area contributed by atoms with E-state index in [1.54, 1.807) is 12.7 Å². The van der Waals surface area contributed by atoms with Crippen LogP contribution >= 0.6 is 0 Å². The molecule has 0 spiro atoms. The van der Waals surface area contributed by atoms with Crippen molar-refractivity contribution in [2.24, 2.45) is 4.99 Å². The third-order valence-corrected chi connectivity index (χ3v) is 2.60. The fourth-order valence-electron chi connectivity index (χ4n) is 1.68. The second-order valence-electron chi connectivity index (χ2n) is 3.73. The van der Waals surface area contributed by atoms with E-state index in [-0.39, 0.29) is 0 Å². The minimum atomic E-state index is 0.873. The molecule has 0 aromatic heterocycles. The highest BCUT2D eigenvalue weighted by Gasteiger charge is 2.04. The summed E-state index contributed by atoms with van der Waals surface area (Å²) in [4.78, 5) is 4.52. The lowest BCUT2D eigenvalue weighted by Gasteiger charge is -2.11. The van der Waals surface area contributed by atoms with E-state index in [1.807, 2.05) is 0 Å². The Labute approximate surface area is 87.1 Å². The Bertz CT molecular complexity index is 218. The van der Waals surface area contributed by atoms with Crippen LogP contribution in [-0.2, 0) is 4.74 Å². The zero-order valence-corrected chi connectivity index (χ0v) is 9.38. The first-order valence-electron chi connectivity index (χ1n) is 5.58. The predicted octanol–water partition coefficient (Wildman–Crippen LogP) is 2.98. The Balaban J connectivity index is 2.24. The monoisotopic (exact) mass is 195 g/mol. The van der Waals surface area contributed by atoms with Crippen LogP contribution in [0.3, 0.4) is 0 Å². The number of ether oxygens (including phenoxy) is 1. The Morgan fingerprint density at radius 1 is 1.43 bits per heavy atom. The van der Waals surface area contributed by atoms with Crippen LogP contribution in [0.1, 0.15) is 39.0 Å². The molecule has 0 saturated carbocycles. The first-order chi connectivity index (χ1) is 6.86. The van der Waals surface area contributed by atoms with Crippen LogP contribution in [-0.4, -0.2) is 26.0 Å². The number of hydrogen-bond donors (Lipinski definition) is 0. The number of unbranched alkanes of at least 4 members (excludes halogenated alkanes) is 1. The highest BCUT2D eigenvalue weighted by atomic mass is 16.5. The topological polar surface area (TPSA) is 21.6 Å². The molecule has 1 aliphatic heterocycles. The second-order valence-corrected chi connectivity index (χ2v) is 3.73. The molecule has 80 valence electrons. The summed E-state index contributed by atoms with van der Waals surface area (Å²) in [5.41, 5.74) is 2.85. The summed E-state index contributed by atoms with van der Waals surface area (Å²) >= 11 is 0. The molecule has 14 heavy (non-hydrogen) atoms. The SMILES string of the molecule is CCC1=CC(CCCCOC)=NCC1. The molecule has 0 bridgehead atoms. The molecule has 0 amide bonds. The van der Waals surface area contributed by atoms with E-state index in [0.717, 1.165) is 32.4 Å². The molecule has 0 aliphatic carbocycles. The maximum atomic E-state index is 5.02. The molecule has 0 aromatic rings.